The molecule has 0 radical (unpaired) electrons. The maximum absolute atomic E-state index is 10.0. The lowest BCUT2D eigenvalue weighted by Crippen LogP contribution is -1.88. The number of phenolic OH excluding ortho intramolecular Hbond substituents is 1. The molecular weight excluding hydrogens is 288 g/mol. The summed E-state index contributed by atoms with van der Waals surface area (Å²) in [5.74, 6) is 7.23. The normalized spacial score (nSPS) is 10.0. The van der Waals surface area contributed by atoms with Gasteiger partial charge in [0.15, 0.2) is 0 Å². The molecule has 0 unspecified atom stereocenters. The minimum atomic E-state index is 0.193. The minimum absolute atomic E-state index is 0.193. The Morgan fingerprint density at radius 1 is 1.04 bits per heavy atom. The first-order chi connectivity index (χ1) is 11.2. The van der Waals surface area contributed by atoms with Crippen LogP contribution in [-0.4, -0.2) is 22.0 Å². The number of methoxy groups -OCH3 is 1. The van der Waals surface area contributed by atoms with E-state index in [0.29, 0.717) is 11.3 Å². The number of benzene rings is 2. The number of nitrogens with zero attached hydrogens (tertiary/aromatic N) is 2. The highest BCUT2D eigenvalue weighted by molar-refractivity contribution is 5.72. The monoisotopic (exact) mass is 304 g/mol. The van der Waals surface area contributed by atoms with E-state index in [2.05, 4.69) is 16.9 Å². The van der Waals surface area contributed by atoms with Crippen molar-refractivity contribution >= 4 is 0 Å². The van der Waals surface area contributed by atoms with E-state index < -0.39 is 0 Å². The second-order valence-corrected chi connectivity index (χ2v) is 5.06. The van der Waals surface area contributed by atoms with E-state index in [0.717, 1.165) is 16.9 Å². The fraction of sp³-hybridized carbons (Fsp3) is 0.105. The second-order valence-electron chi connectivity index (χ2n) is 5.06. The molecule has 0 saturated heterocycles. The molecule has 1 N–H and O–H groups in total. The summed E-state index contributed by atoms with van der Waals surface area (Å²) < 4.78 is 6.83. The first-order valence-electron chi connectivity index (χ1n) is 7.15. The van der Waals surface area contributed by atoms with Crippen LogP contribution in [0.15, 0.2) is 54.7 Å². The molecule has 0 aliphatic rings. The largest absolute Gasteiger partial charge is 0.507 e. The lowest BCUT2D eigenvalue weighted by Gasteiger charge is -2.01. The fourth-order valence-electron chi connectivity index (χ4n) is 2.27. The summed E-state index contributed by atoms with van der Waals surface area (Å²) in [4.78, 5) is 0. The van der Waals surface area contributed by atoms with Crippen molar-refractivity contribution in [3.63, 3.8) is 0 Å². The minimum Gasteiger partial charge on any atom is -0.507 e. The Kier molecular flexibility index (Phi) is 4.03. The quantitative estimate of drug-likeness (QED) is 0.740. The van der Waals surface area contributed by atoms with Crippen LogP contribution in [0.25, 0.3) is 11.3 Å². The molecule has 0 saturated carbocycles. The Morgan fingerprint density at radius 3 is 2.48 bits per heavy atom. The smallest absolute Gasteiger partial charge is 0.125 e. The van der Waals surface area contributed by atoms with Gasteiger partial charge in [-0.2, -0.15) is 5.10 Å². The summed E-state index contributed by atoms with van der Waals surface area (Å²) in [6, 6.07) is 14.7. The Bertz CT molecular complexity index is 884. The second kappa shape index (κ2) is 6.29. The molecule has 114 valence electrons. The molecule has 0 amide bonds. The van der Waals surface area contributed by atoms with Crippen LogP contribution in [0.2, 0.25) is 0 Å². The molecular formula is C19H16N2O2. The SMILES string of the molecule is COc1ccc(C#Cc2cn(C)nc2-c2ccccc2O)cc1. The van der Waals surface area contributed by atoms with E-state index in [-0.39, 0.29) is 5.75 Å². The third-order valence-corrected chi connectivity index (χ3v) is 3.42. The zero-order chi connectivity index (χ0) is 16.2. The average Bonchev–Trinajstić information content (AvgIpc) is 2.94. The van der Waals surface area contributed by atoms with Crippen molar-refractivity contribution in [2.45, 2.75) is 0 Å². The standard InChI is InChI=1S/C19H16N2O2/c1-21-13-15(10-7-14-8-11-16(23-2)12-9-14)19(20-21)17-5-3-4-6-18(17)22/h3-6,8-9,11-13,22H,1-2H3. The van der Waals surface area contributed by atoms with Gasteiger partial charge < -0.3 is 9.84 Å². The number of rotatable bonds is 2. The van der Waals surface area contributed by atoms with Gasteiger partial charge in [0, 0.05) is 24.4 Å². The summed E-state index contributed by atoms with van der Waals surface area (Å²) in [5.41, 5.74) is 3.00. The highest BCUT2D eigenvalue weighted by Crippen LogP contribution is 2.29. The van der Waals surface area contributed by atoms with E-state index in [1.54, 1.807) is 23.9 Å². The van der Waals surface area contributed by atoms with Crippen molar-refractivity contribution in [1.29, 1.82) is 0 Å². The van der Waals surface area contributed by atoms with Crippen LogP contribution in [0.4, 0.5) is 0 Å². The van der Waals surface area contributed by atoms with Crippen LogP contribution in [0, 0.1) is 11.8 Å². The molecule has 0 bridgehead atoms. The molecule has 0 atom stereocenters. The number of aromatic hydroxyl groups is 1. The molecule has 3 rings (SSSR count). The molecule has 2 aromatic carbocycles. The molecule has 0 aliphatic carbocycles. The summed E-state index contributed by atoms with van der Waals surface area (Å²) in [6.07, 6.45) is 1.85. The van der Waals surface area contributed by atoms with Crippen molar-refractivity contribution in [2.24, 2.45) is 7.05 Å². The van der Waals surface area contributed by atoms with Gasteiger partial charge in [0.25, 0.3) is 0 Å². The van der Waals surface area contributed by atoms with Crippen molar-refractivity contribution in [1.82, 2.24) is 9.78 Å². The van der Waals surface area contributed by atoms with E-state index in [4.69, 9.17) is 4.74 Å². The first-order valence-corrected chi connectivity index (χ1v) is 7.15. The summed E-state index contributed by atoms with van der Waals surface area (Å²) in [5, 5.41) is 14.4. The number of hydrogen-bond acceptors (Lipinski definition) is 3. The maximum atomic E-state index is 10.0. The maximum Gasteiger partial charge on any atom is 0.125 e. The number of phenols is 1. The number of para-hydroxylation sites is 1. The predicted molar refractivity (Wildman–Crippen MR) is 89.3 cm³/mol. The molecule has 0 spiro atoms. The van der Waals surface area contributed by atoms with E-state index in [1.165, 1.54) is 0 Å². The van der Waals surface area contributed by atoms with Crippen LogP contribution in [-0.2, 0) is 7.05 Å². The highest BCUT2D eigenvalue weighted by Gasteiger charge is 2.11. The van der Waals surface area contributed by atoms with E-state index in [1.807, 2.05) is 49.6 Å². The molecule has 4 heteroatoms. The van der Waals surface area contributed by atoms with Crippen molar-refractivity contribution in [3.8, 4) is 34.6 Å². The predicted octanol–water partition coefficient (Wildman–Crippen LogP) is 3.20. The van der Waals surface area contributed by atoms with Gasteiger partial charge in [0.2, 0.25) is 0 Å². The third kappa shape index (κ3) is 3.19. The van der Waals surface area contributed by atoms with Gasteiger partial charge in [-0.15, -0.1) is 0 Å². The van der Waals surface area contributed by atoms with Gasteiger partial charge in [-0.25, -0.2) is 0 Å². The van der Waals surface area contributed by atoms with Crippen LogP contribution in [0.3, 0.4) is 0 Å². The van der Waals surface area contributed by atoms with Crippen LogP contribution in [0.1, 0.15) is 11.1 Å². The molecule has 1 heterocycles. The number of hydrogen-bond donors (Lipinski definition) is 1. The lowest BCUT2D eigenvalue weighted by atomic mass is 10.1. The molecule has 0 fully saturated rings. The van der Waals surface area contributed by atoms with Crippen LogP contribution < -0.4 is 4.74 Å². The zero-order valence-corrected chi connectivity index (χ0v) is 12.9. The van der Waals surface area contributed by atoms with Gasteiger partial charge in [-0.05, 0) is 36.4 Å². The molecule has 4 nitrogen and oxygen atoms in total. The van der Waals surface area contributed by atoms with Crippen LogP contribution >= 0.6 is 0 Å². The lowest BCUT2D eigenvalue weighted by molar-refractivity contribution is 0.415. The highest BCUT2D eigenvalue weighted by atomic mass is 16.5. The summed E-state index contributed by atoms with van der Waals surface area (Å²) >= 11 is 0. The first kappa shape index (κ1) is 14.7. The van der Waals surface area contributed by atoms with Gasteiger partial charge in [0.05, 0.1) is 12.7 Å². The van der Waals surface area contributed by atoms with Gasteiger partial charge in [-0.1, -0.05) is 24.0 Å². The number of aromatic nitrogens is 2. The van der Waals surface area contributed by atoms with Gasteiger partial charge in [-0.3, -0.25) is 4.68 Å². The molecule has 23 heavy (non-hydrogen) atoms. The molecule has 0 aliphatic heterocycles. The number of ether oxygens (including phenoxy) is 1. The van der Waals surface area contributed by atoms with Crippen molar-refractivity contribution < 1.29 is 9.84 Å². The average molecular weight is 304 g/mol. The Balaban J connectivity index is 1.98. The Labute approximate surface area is 135 Å². The van der Waals surface area contributed by atoms with E-state index in [9.17, 15) is 5.11 Å². The van der Waals surface area contributed by atoms with E-state index >= 15 is 0 Å². The third-order valence-electron chi connectivity index (χ3n) is 3.42. The van der Waals surface area contributed by atoms with Crippen molar-refractivity contribution in [3.05, 3.63) is 65.9 Å². The topological polar surface area (TPSA) is 47.3 Å². The zero-order valence-electron chi connectivity index (χ0n) is 12.9. The fourth-order valence-corrected chi connectivity index (χ4v) is 2.27. The Morgan fingerprint density at radius 2 is 1.78 bits per heavy atom. The van der Waals surface area contributed by atoms with Gasteiger partial charge in [0.1, 0.15) is 17.2 Å². The van der Waals surface area contributed by atoms with Gasteiger partial charge >= 0.3 is 0 Å². The van der Waals surface area contributed by atoms with Crippen LogP contribution in [0.5, 0.6) is 11.5 Å². The molecule has 3 aromatic rings. The Hall–Kier alpha value is -3.19. The number of aryl methyl sites for hydroxylation is 1. The summed E-state index contributed by atoms with van der Waals surface area (Å²) in [7, 11) is 3.47. The molecule has 1 aromatic heterocycles. The van der Waals surface area contributed by atoms with Crippen molar-refractivity contribution in [2.75, 3.05) is 7.11 Å². The summed E-state index contributed by atoms with van der Waals surface area (Å²) in [6.45, 7) is 0.